The Balaban J connectivity index is 2.78. The molecule has 0 aromatic heterocycles. The molecule has 18 heavy (non-hydrogen) atoms. The van der Waals surface area contributed by atoms with Crippen LogP contribution in [0.5, 0.6) is 0 Å². The minimum atomic E-state index is -0.275. The number of halogens is 1. The summed E-state index contributed by atoms with van der Waals surface area (Å²) in [6, 6.07) is 8.11. The van der Waals surface area contributed by atoms with Crippen molar-refractivity contribution in [1.82, 2.24) is 0 Å². The highest BCUT2D eigenvalue weighted by Crippen LogP contribution is 2.10. The maximum atomic E-state index is 5.96. The summed E-state index contributed by atoms with van der Waals surface area (Å²) in [5, 5.41) is 0. The first-order valence-corrected chi connectivity index (χ1v) is 7.42. The van der Waals surface area contributed by atoms with Gasteiger partial charge in [0.2, 0.25) is 0 Å². The minimum Gasteiger partial charge on any atom is -0.405 e. The lowest BCUT2D eigenvalue weighted by Gasteiger charge is -2.22. The van der Waals surface area contributed by atoms with E-state index in [1.54, 1.807) is 0 Å². The largest absolute Gasteiger partial charge is 0.494 e. The average molecular weight is 313 g/mol. The van der Waals surface area contributed by atoms with Crippen molar-refractivity contribution in [3.05, 3.63) is 28.7 Å². The molecule has 0 heterocycles. The van der Waals surface area contributed by atoms with Crippen LogP contribution in [0.3, 0.4) is 0 Å². The van der Waals surface area contributed by atoms with Gasteiger partial charge in [-0.1, -0.05) is 41.9 Å². The molecule has 1 aromatic rings. The molecule has 0 aliphatic rings. The van der Waals surface area contributed by atoms with E-state index in [1.165, 1.54) is 0 Å². The van der Waals surface area contributed by atoms with E-state index in [2.05, 4.69) is 43.6 Å². The highest BCUT2D eigenvalue weighted by atomic mass is 79.9. The average Bonchev–Trinajstić information content (AvgIpc) is 2.38. The van der Waals surface area contributed by atoms with Crippen LogP contribution in [0.25, 0.3) is 0 Å². The van der Waals surface area contributed by atoms with Gasteiger partial charge in [-0.15, -0.1) is 0 Å². The van der Waals surface area contributed by atoms with Crippen LogP contribution in [0.1, 0.15) is 40.5 Å². The topological polar surface area (TPSA) is 18.5 Å². The van der Waals surface area contributed by atoms with E-state index in [0.717, 1.165) is 22.8 Å². The van der Waals surface area contributed by atoms with Crippen LogP contribution in [-0.2, 0) is 9.31 Å². The van der Waals surface area contributed by atoms with E-state index in [0.29, 0.717) is 0 Å². The Bertz CT molecular complexity index is 330. The molecule has 0 aliphatic heterocycles. The third-order valence-electron chi connectivity index (χ3n) is 3.00. The molecule has 0 bridgehead atoms. The number of benzene rings is 1. The van der Waals surface area contributed by atoms with Crippen molar-refractivity contribution < 1.29 is 9.31 Å². The molecule has 0 saturated heterocycles. The summed E-state index contributed by atoms with van der Waals surface area (Å²) in [5.41, 5.74) is 1.07. The normalized spacial score (nSPS) is 14.3. The Morgan fingerprint density at radius 3 is 1.83 bits per heavy atom. The highest BCUT2D eigenvalue weighted by molar-refractivity contribution is 9.10. The van der Waals surface area contributed by atoms with Crippen molar-refractivity contribution in [3.63, 3.8) is 0 Å². The molecule has 0 radical (unpaired) electrons. The van der Waals surface area contributed by atoms with Gasteiger partial charge in [0, 0.05) is 16.7 Å². The van der Waals surface area contributed by atoms with Crippen LogP contribution in [0.2, 0.25) is 0 Å². The first-order chi connectivity index (χ1) is 8.56. The first-order valence-electron chi connectivity index (χ1n) is 6.63. The number of hydrogen-bond acceptors (Lipinski definition) is 2. The molecule has 2 nitrogen and oxygen atoms in total. The van der Waals surface area contributed by atoms with E-state index in [-0.39, 0.29) is 19.3 Å². The molecule has 0 saturated carbocycles. The van der Waals surface area contributed by atoms with Crippen molar-refractivity contribution >= 4 is 28.5 Å². The van der Waals surface area contributed by atoms with E-state index in [1.807, 2.05) is 24.3 Å². The molecule has 100 valence electrons. The van der Waals surface area contributed by atoms with Crippen molar-refractivity contribution in [1.29, 1.82) is 0 Å². The summed E-state index contributed by atoms with van der Waals surface area (Å²) < 4.78 is 13.0. The summed E-state index contributed by atoms with van der Waals surface area (Å²) >= 11 is 3.44. The molecule has 4 heteroatoms. The predicted octanol–water partition coefficient (Wildman–Crippen LogP) is 3.77. The van der Waals surface area contributed by atoms with Gasteiger partial charge in [-0.05, 0) is 44.3 Å². The Hall–Kier alpha value is -0.315. The fraction of sp³-hybridized carbons (Fsp3) is 0.571. The van der Waals surface area contributed by atoms with E-state index in [9.17, 15) is 0 Å². The van der Waals surface area contributed by atoms with Crippen LogP contribution in [-0.4, -0.2) is 19.3 Å². The molecule has 0 aliphatic carbocycles. The lowest BCUT2D eigenvalue weighted by molar-refractivity contribution is 0.119. The van der Waals surface area contributed by atoms with Crippen molar-refractivity contribution in [2.75, 3.05) is 0 Å². The molecule has 1 aromatic carbocycles. The second-order valence-electron chi connectivity index (χ2n) is 4.59. The van der Waals surface area contributed by atoms with Crippen LogP contribution in [0.4, 0.5) is 0 Å². The van der Waals surface area contributed by atoms with Crippen LogP contribution in [0, 0.1) is 0 Å². The number of rotatable bonds is 7. The summed E-state index contributed by atoms with van der Waals surface area (Å²) in [7, 11) is -0.275. The Morgan fingerprint density at radius 1 is 1.00 bits per heavy atom. The second-order valence-corrected chi connectivity index (χ2v) is 5.51. The molecule has 2 unspecified atom stereocenters. The fourth-order valence-corrected chi connectivity index (χ4v) is 1.69. The van der Waals surface area contributed by atoms with E-state index >= 15 is 0 Å². The van der Waals surface area contributed by atoms with Gasteiger partial charge in [-0.25, -0.2) is 0 Å². The van der Waals surface area contributed by atoms with Gasteiger partial charge in [0.05, 0.1) is 0 Å². The summed E-state index contributed by atoms with van der Waals surface area (Å²) in [5.74, 6) is 0. The maximum Gasteiger partial charge on any atom is 0.494 e. The summed E-state index contributed by atoms with van der Waals surface area (Å²) in [6.45, 7) is 8.39. The molecule has 0 spiro atoms. The zero-order chi connectivity index (χ0) is 13.5. The molecule has 0 N–H and O–H groups in total. The Kier molecular flexibility index (Phi) is 6.98. The van der Waals surface area contributed by atoms with Gasteiger partial charge >= 0.3 is 7.12 Å². The standard InChI is InChI=1S/C14H22BBrO2/c1-5-11(3)17-15(18-12(4)6-2)13-7-9-14(16)10-8-13/h7-12H,5-6H2,1-4H3. The second kappa shape index (κ2) is 7.98. The molecule has 0 fully saturated rings. The lowest BCUT2D eigenvalue weighted by atomic mass is 9.78. The van der Waals surface area contributed by atoms with Gasteiger partial charge in [0.25, 0.3) is 0 Å². The molecule has 0 amide bonds. The zero-order valence-corrected chi connectivity index (χ0v) is 13.2. The molecular weight excluding hydrogens is 291 g/mol. The molecular formula is C14H22BBrO2. The van der Waals surface area contributed by atoms with Crippen LogP contribution in [0.15, 0.2) is 28.7 Å². The van der Waals surface area contributed by atoms with Crippen molar-refractivity contribution in [2.45, 2.75) is 52.7 Å². The van der Waals surface area contributed by atoms with Crippen molar-refractivity contribution in [3.8, 4) is 0 Å². The van der Waals surface area contributed by atoms with Gasteiger partial charge < -0.3 is 9.31 Å². The first kappa shape index (κ1) is 15.7. The lowest BCUT2D eigenvalue weighted by Crippen LogP contribution is -2.41. The van der Waals surface area contributed by atoms with E-state index in [4.69, 9.17) is 9.31 Å². The number of hydrogen-bond donors (Lipinski definition) is 0. The smallest absolute Gasteiger partial charge is 0.405 e. The third kappa shape index (κ3) is 5.13. The van der Waals surface area contributed by atoms with Gasteiger partial charge in [0.15, 0.2) is 0 Å². The fourth-order valence-electron chi connectivity index (χ4n) is 1.42. The maximum absolute atomic E-state index is 5.96. The third-order valence-corrected chi connectivity index (χ3v) is 3.53. The van der Waals surface area contributed by atoms with Crippen LogP contribution < -0.4 is 5.46 Å². The van der Waals surface area contributed by atoms with Gasteiger partial charge in [-0.2, -0.15) is 0 Å². The Morgan fingerprint density at radius 2 is 1.44 bits per heavy atom. The van der Waals surface area contributed by atoms with Crippen LogP contribution >= 0.6 is 15.9 Å². The van der Waals surface area contributed by atoms with E-state index < -0.39 is 0 Å². The highest BCUT2D eigenvalue weighted by Gasteiger charge is 2.25. The molecule has 2 atom stereocenters. The minimum absolute atomic E-state index is 0.197. The van der Waals surface area contributed by atoms with Gasteiger partial charge in [-0.3, -0.25) is 0 Å². The summed E-state index contributed by atoms with van der Waals surface area (Å²) in [6.07, 6.45) is 2.36. The Labute approximate surface area is 119 Å². The zero-order valence-electron chi connectivity index (χ0n) is 11.7. The monoisotopic (exact) mass is 312 g/mol. The molecule has 1 rings (SSSR count). The predicted molar refractivity (Wildman–Crippen MR) is 81.2 cm³/mol. The SMILES string of the molecule is CCC(C)OB(OC(C)CC)c1ccc(Br)cc1. The summed E-state index contributed by atoms with van der Waals surface area (Å²) in [4.78, 5) is 0. The van der Waals surface area contributed by atoms with Gasteiger partial charge in [0.1, 0.15) is 0 Å². The van der Waals surface area contributed by atoms with Crippen molar-refractivity contribution in [2.24, 2.45) is 0 Å². The quantitative estimate of drug-likeness (QED) is 0.713.